The third-order valence-electron chi connectivity index (χ3n) is 4.87. The normalized spacial score (nSPS) is 16.5. The van der Waals surface area contributed by atoms with Gasteiger partial charge in [0.05, 0.1) is 5.69 Å². The fourth-order valence-electron chi connectivity index (χ4n) is 3.34. The van der Waals surface area contributed by atoms with E-state index in [1.54, 1.807) is 12.1 Å². The van der Waals surface area contributed by atoms with E-state index in [1.165, 1.54) is 17.4 Å². The van der Waals surface area contributed by atoms with Gasteiger partial charge in [-0.1, -0.05) is 43.7 Å². The van der Waals surface area contributed by atoms with Crippen LogP contribution in [0.2, 0.25) is 0 Å². The minimum Gasteiger partial charge on any atom is -0.369 e. The zero-order chi connectivity index (χ0) is 18.5. The van der Waals surface area contributed by atoms with Gasteiger partial charge < -0.3 is 10.2 Å². The molecule has 1 atom stereocenters. The Morgan fingerprint density at radius 1 is 1.35 bits per heavy atom. The SMILES string of the molecule is CCCC(C)c1nnc(NC(=O)C2CCN(c3ccccc3F)CC2)s1. The molecule has 2 aromatic rings. The number of benzene rings is 1. The molecule has 1 aliphatic heterocycles. The summed E-state index contributed by atoms with van der Waals surface area (Å²) in [5.74, 6) is 0.0765. The molecule has 0 radical (unpaired) electrons. The van der Waals surface area contributed by atoms with Gasteiger partial charge in [-0.05, 0) is 31.4 Å². The maximum Gasteiger partial charge on any atom is 0.229 e. The zero-order valence-corrected chi connectivity index (χ0v) is 16.1. The second kappa shape index (κ2) is 8.58. The first-order chi connectivity index (χ1) is 12.6. The van der Waals surface area contributed by atoms with Crippen molar-refractivity contribution in [3.05, 3.63) is 35.1 Å². The van der Waals surface area contributed by atoms with E-state index in [-0.39, 0.29) is 17.6 Å². The van der Waals surface area contributed by atoms with Gasteiger partial charge >= 0.3 is 0 Å². The van der Waals surface area contributed by atoms with Crippen molar-refractivity contribution in [2.75, 3.05) is 23.3 Å². The Bertz CT molecular complexity index is 743. The van der Waals surface area contributed by atoms with Gasteiger partial charge in [0.2, 0.25) is 11.0 Å². The van der Waals surface area contributed by atoms with Gasteiger partial charge in [-0.3, -0.25) is 4.79 Å². The summed E-state index contributed by atoms with van der Waals surface area (Å²) >= 11 is 1.46. The first-order valence-corrected chi connectivity index (χ1v) is 10.0. The highest BCUT2D eigenvalue weighted by Gasteiger charge is 2.27. The van der Waals surface area contributed by atoms with Gasteiger partial charge in [-0.2, -0.15) is 0 Å². The van der Waals surface area contributed by atoms with Gasteiger partial charge in [0, 0.05) is 24.9 Å². The number of anilines is 2. The summed E-state index contributed by atoms with van der Waals surface area (Å²) in [6.07, 6.45) is 3.58. The van der Waals surface area contributed by atoms with Crippen molar-refractivity contribution in [3.8, 4) is 0 Å². The third-order valence-corrected chi connectivity index (χ3v) is 5.94. The van der Waals surface area contributed by atoms with Crippen LogP contribution in [0.25, 0.3) is 0 Å². The second-order valence-corrected chi connectivity index (χ2v) is 7.85. The summed E-state index contributed by atoms with van der Waals surface area (Å²) in [6.45, 7) is 5.63. The molecular formula is C19H25FN4OS. The highest BCUT2D eigenvalue weighted by atomic mass is 32.1. The highest BCUT2D eigenvalue weighted by molar-refractivity contribution is 7.15. The molecular weight excluding hydrogens is 351 g/mol. The predicted molar refractivity (Wildman–Crippen MR) is 103 cm³/mol. The average Bonchev–Trinajstić information content (AvgIpc) is 3.11. The quantitative estimate of drug-likeness (QED) is 0.810. The van der Waals surface area contributed by atoms with Crippen LogP contribution in [0.4, 0.5) is 15.2 Å². The van der Waals surface area contributed by atoms with E-state index in [4.69, 9.17) is 0 Å². The van der Waals surface area contributed by atoms with E-state index in [9.17, 15) is 9.18 Å². The lowest BCUT2D eigenvalue weighted by molar-refractivity contribution is -0.120. The Morgan fingerprint density at radius 3 is 2.77 bits per heavy atom. The van der Waals surface area contributed by atoms with Crippen LogP contribution in [0.3, 0.4) is 0 Å². The molecule has 2 heterocycles. The molecule has 1 aromatic carbocycles. The largest absolute Gasteiger partial charge is 0.369 e. The van der Waals surface area contributed by atoms with E-state index in [2.05, 4.69) is 29.4 Å². The van der Waals surface area contributed by atoms with Crippen LogP contribution in [0, 0.1) is 11.7 Å². The number of aromatic nitrogens is 2. The maximum atomic E-state index is 13.9. The molecule has 0 spiro atoms. The maximum absolute atomic E-state index is 13.9. The van der Waals surface area contributed by atoms with E-state index in [0.29, 0.717) is 42.7 Å². The van der Waals surface area contributed by atoms with Crippen LogP contribution in [0.5, 0.6) is 0 Å². The molecule has 1 amide bonds. The topological polar surface area (TPSA) is 58.1 Å². The minimum atomic E-state index is -0.210. The number of piperidine rings is 1. The molecule has 1 fully saturated rings. The number of hydrogen-bond acceptors (Lipinski definition) is 5. The number of para-hydroxylation sites is 1. The Morgan fingerprint density at radius 2 is 2.08 bits per heavy atom. The summed E-state index contributed by atoms with van der Waals surface area (Å²) in [4.78, 5) is 14.5. The molecule has 1 aromatic heterocycles. The van der Waals surface area contributed by atoms with Crippen molar-refractivity contribution < 1.29 is 9.18 Å². The molecule has 7 heteroatoms. The number of nitrogens with one attached hydrogen (secondary N) is 1. The fraction of sp³-hybridized carbons (Fsp3) is 0.526. The van der Waals surface area contributed by atoms with Crippen molar-refractivity contribution in [1.82, 2.24) is 10.2 Å². The second-order valence-electron chi connectivity index (χ2n) is 6.84. The smallest absolute Gasteiger partial charge is 0.229 e. The zero-order valence-electron chi connectivity index (χ0n) is 15.2. The monoisotopic (exact) mass is 376 g/mol. The summed E-state index contributed by atoms with van der Waals surface area (Å²) < 4.78 is 13.9. The van der Waals surface area contributed by atoms with Crippen LogP contribution in [-0.4, -0.2) is 29.2 Å². The molecule has 140 valence electrons. The van der Waals surface area contributed by atoms with Crippen LogP contribution in [0.1, 0.15) is 50.5 Å². The van der Waals surface area contributed by atoms with Gasteiger partial charge in [0.1, 0.15) is 10.8 Å². The van der Waals surface area contributed by atoms with Crippen LogP contribution in [-0.2, 0) is 4.79 Å². The molecule has 5 nitrogen and oxygen atoms in total. The molecule has 1 unspecified atom stereocenters. The van der Waals surface area contributed by atoms with Gasteiger partial charge in [0.25, 0.3) is 0 Å². The van der Waals surface area contributed by atoms with E-state index in [1.807, 2.05) is 11.0 Å². The van der Waals surface area contributed by atoms with Gasteiger partial charge in [-0.15, -0.1) is 10.2 Å². The summed E-state index contributed by atoms with van der Waals surface area (Å²) in [5.41, 5.74) is 0.616. The number of carbonyl (C=O) groups is 1. The fourth-order valence-corrected chi connectivity index (χ4v) is 4.17. The minimum absolute atomic E-state index is 0.0102. The van der Waals surface area contributed by atoms with Crippen LogP contribution >= 0.6 is 11.3 Å². The van der Waals surface area contributed by atoms with Gasteiger partial charge in [-0.25, -0.2) is 4.39 Å². The van der Waals surface area contributed by atoms with E-state index < -0.39 is 0 Å². The molecule has 3 rings (SSSR count). The van der Waals surface area contributed by atoms with Crippen molar-refractivity contribution in [1.29, 1.82) is 0 Å². The lowest BCUT2D eigenvalue weighted by Crippen LogP contribution is -2.38. The number of hydrogen-bond donors (Lipinski definition) is 1. The summed E-state index contributed by atoms with van der Waals surface area (Å²) in [6, 6.07) is 6.79. The van der Waals surface area contributed by atoms with Crippen LogP contribution < -0.4 is 10.2 Å². The first-order valence-electron chi connectivity index (χ1n) is 9.22. The molecule has 0 aliphatic carbocycles. The number of rotatable bonds is 6. The Kier molecular flexibility index (Phi) is 6.19. The third kappa shape index (κ3) is 4.38. The van der Waals surface area contributed by atoms with E-state index in [0.717, 1.165) is 17.8 Å². The molecule has 1 saturated heterocycles. The van der Waals surface area contributed by atoms with Gasteiger partial charge in [0.15, 0.2) is 0 Å². The van der Waals surface area contributed by atoms with Crippen LogP contribution in [0.15, 0.2) is 24.3 Å². The number of amides is 1. The van der Waals surface area contributed by atoms with Crippen molar-refractivity contribution >= 4 is 28.1 Å². The lowest BCUT2D eigenvalue weighted by atomic mass is 9.95. The first kappa shape index (κ1) is 18.8. The Hall–Kier alpha value is -2.02. The molecule has 1 N–H and O–H groups in total. The molecule has 0 saturated carbocycles. The summed E-state index contributed by atoms with van der Waals surface area (Å²) in [5, 5.41) is 12.8. The number of carbonyl (C=O) groups excluding carboxylic acids is 1. The predicted octanol–water partition coefficient (Wildman–Crippen LogP) is 4.44. The Balaban J connectivity index is 1.53. The van der Waals surface area contributed by atoms with E-state index >= 15 is 0 Å². The highest BCUT2D eigenvalue weighted by Crippen LogP contribution is 2.29. The van der Waals surface area contributed by atoms with Crippen molar-refractivity contribution in [3.63, 3.8) is 0 Å². The molecule has 1 aliphatic rings. The summed E-state index contributed by atoms with van der Waals surface area (Å²) in [7, 11) is 0. The van der Waals surface area contributed by atoms with Crippen molar-refractivity contribution in [2.24, 2.45) is 5.92 Å². The number of nitrogens with zero attached hydrogens (tertiary/aromatic N) is 3. The average molecular weight is 377 g/mol. The molecule has 26 heavy (non-hydrogen) atoms. The molecule has 0 bridgehead atoms. The lowest BCUT2D eigenvalue weighted by Gasteiger charge is -2.33. The number of halogens is 1. The standard InChI is InChI=1S/C19H25FN4OS/c1-3-6-13(2)18-22-23-19(26-18)21-17(25)14-9-11-24(12-10-14)16-8-5-4-7-15(16)20/h4-5,7-8,13-14H,3,6,9-12H2,1-2H3,(H,21,23,25). The van der Waals surface area contributed by atoms with Crippen molar-refractivity contribution in [2.45, 2.75) is 45.4 Å². The Labute approximate surface area is 157 Å².